The smallest absolute Gasteiger partial charge is 0.292 e. The molecular weight excluding hydrogens is 330 g/mol. The minimum absolute atomic E-state index is 0.129. The molecule has 2 aromatic rings. The summed E-state index contributed by atoms with van der Waals surface area (Å²) in [5.41, 5.74) is 1.04. The minimum atomic E-state index is -0.518. The number of nitrogens with one attached hydrogen (secondary N) is 1. The number of benzene rings is 2. The Balaban J connectivity index is 2.05. The highest BCUT2D eigenvalue weighted by atomic mass is 35.5. The van der Waals surface area contributed by atoms with Crippen LogP contribution in [0.2, 0.25) is 5.02 Å². The number of para-hydroxylation sites is 2. The Labute approximate surface area is 145 Å². The highest BCUT2D eigenvalue weighted by molar-refractivity contribution is 6.30. The van der Waals surface area contributed by atoms with Crippen molar-refractivity contribution in [3.63, 3.8) is 0 Å². The fraction of sp³-hybridized carbons (Fsp3) is 0.235. The second kappa shape index (κ2) is 7.90. The second-order valence-electron chi connectivity index (χ2n) is 5.48. The van der Waals surface area contributed by atoms with Gasteiger partial charge in [-0.3, -0.25) is 19.8 Å². The van der Waals surface area contributed by atoms with Crippen molar-refractivity contribution in [1.82, 2.24) is 4.90 Å². The zero-order valence-electron chi connectivity index (χ0n) is 13.4. The van der Waals surface area contributed by atoms with Gasteiger partial charge in [-0.2, -0.15) is 0 Å². The van der Waals surface area contributed by atoms with Crippen molar-refractivity contribution >= 4 is 28.9 Å². The standard InChI is InChI=1S/C17H18ClN3O3/c1-12(20(2)11-13-6-5-7-14(18)10-13)17(22)19-15-8-3-4-9-16(15)21(23)24/h3-10,12H,11H2,1-2H3,(H,19,22)/t12-/m0/s1. The number of carbonyl (C=O) groups is 1. The number of carbonyl (C=O) groups excluding carboxylic acids is 1. The monoisotopic (exact) mass is 347 g/mol. The summed E-state index contributed by atoms with van der Waals surface area (Å²) in [6.07, 6.45) is 0. The molecule has 24 heavy (non-hydrogen) atoms. The molecule has 0 spiro atoms. The highest BCUT2D eigenvalue weighted by Gasteiger charge is 2.21. The van der Waals surface area contributed by atoms with Crippen LogP contribution in [0.4, 0.5) is 11.4 Å². The van der Waals surface area contributed by atoms with Gasteiger partial charge in [-0.05, 0) is 37.7 Å². The van der Waals surface area contributed by atoms with Crippen LogP contribution in [0.3, 0.4) is 0 Å². The van der Waals surface area contributed by atoms with Gasteiger partial charge in [0.05, 0.1) is 11.0 Å². The molecule has 2 aromatic carbocycles. The molecule has 126 valence electrons. The van der Waals surface area contributed by atoms with E-state index < -0.39 is 11.0 Å². The zero-order chi connectivity index (χ0) is 17.7. The van der Waals surface area contributed by atoms with Crippen molar-refractivity contribution in [2.75, 3.05) is 12.4 Å². The van der Waals surface area contributed by atoms with E-state index in [9.17, 15) is 14.9 Å². The molecule has 1 N–H and O–H groups in total. The van der Waals surface area contributed by atoms with Crippen molar-refractivity contribution < 1.29 is 9.72 Å². The maximum Gasteiger partial charge on any atom is 0.292 e. The predicted molar refractivity (Wildman–Crippen MR) is 94.1 cm³/mol. The van der Waals surface area contributed by atoms with Crippen LogP contribution in [-0.4, -0.2) is 28.8 Å². The van der Waals surface area contributed by atoms with E-state index in [1.165, 1.54) is 12.1 Å². The number of nitro groups is 1. The van der Waals surface area contributed by atoms with Crippen molar-refractivity contribution in [2.24, 2.45) is 0 Å². The number of likely N-dealkylation sites (N-methyl/N-ethyl adjacent to an activating group) is 1. The normalized spacial score (nSPS) is 12.0. The topological polar surface area (TPSA) is 75.5 Å². The summed E-state index contributed by atoms with van der Waals surface area (Å²) < 4.78 is 0. The van der Waals surface area contributed by atoms with Crippen LogP contribution in [0.5, 0.6) is 0 Å². The molecule has 0 bridgehead atoms. The van der Waals surface area contributed by atoms with Crippen molar-refractivity contribution in [2.45, 2.75) is 19.5 Å². The lowest BCUT2D eigenvalue weighted by Gasteiger charge is -2.24. The van der Waals surface area contributed by atoms with Crippen LogP contribution >= 0.6 is 11.6 Å². The Morgan fingerprint density at radius 2 is 2.00 bits per heavy atom. The highest BCUT2D eigenvalue weighted by Crippen LogP contribution is 2.23. The molecular formula is C17H18ClN3O3. The predicted octanol–water partition coefficient (Wildman–Crippen LogP) is 3.71. The average molecular weight is 348 g/mol. The summed E-state index contributed by atoms with van der Waals surface area (Å²) in [5.74, 6) is -0.311. The number of halogens is 1. The van der Waals surface area contributed by atoms with Gasteiger partial charge in [-0.1, -0.05) is 35.9 Å². The maximum absolute atomic E-state index is 12.4. The zero-order valence-corrected chi connectivity index (χ0v) is 14.2. The molecule has 0 saturated heterocycles. The van der Waals surface area contributed by atoms with Gasteiger partial charge in [0.2, 0.25) is 5.91 Å². The molecule has 2 rings (SSSR count). The van der Waals surface area contributed by atoms with Gasteiger partial charge in [0.15, 0.2) is 0 Å². The number of rotatable bonds is 6. The van der Waals surface area contributed by atoms with E-state index in [2.05, 4.69) is 5.32 Å². The Hall–Kier alpha value is -2.44. The van der Waals surface area contributed by atoms with Gasteiger partial charge in [0, 0.05) is 17.6 Å². The van der Waals surface area contributed by atoms with Gasteiger partial charge in [0.25, 0.3) is 5.69 Å². The summed E-state index contributed by atoms with van der Waals surface area (Å²) in [5, 5.41) is 14.3. The minimum Gasteiger partial charge on any atom is -0.319 e. The average Bonchev–Trinajstić information content (AvgIpc) is 2.54. The first-order valence-corrected chi connectivity index (χ1v) is 7.75. The quantitative estimate of drug-likeness (QED) is 0.638. The Morgan fingerprint density at radius 1 is 1.29 bits per heavy atom. The van der Waals surface area contributed by atoms with Crippen LogP contribution in [0.1, 0.15) is 12.5 Å². The van der Waals surface area contributed by atoms with E-state index in [1.807, 2.05) is 30.1 Å². The molecule has 6 nitrogen and oxygen atoms in total. The van der Waals surface area contributed by atoms with Gasteiger partial charge < -0.3 is 5.32 Å². The summed E-state index contributed by atoms with van der Waals surface area (Å²) in [6, 6.07) is 13.0. The molecule has 0 heterocycles. The van der Waals surface area contributed by atoms with Gasteiger partial charge in [0.1, 0.15) is 5.69 Å². The van der Waals surface area contributed by atoms with E-state index in [-0.39, 0.29) is 17.3 Å². The first kappa shape index (κ1) is 17.9. The Morgan fingerprint density at radius 3 is 2.67 bits per heavy atom. The molecule has 0 aliphatic heterocycles. The van der Waals surface area contributed by atoms with E-state index in [4.69, 9.17) is 11.6 Å². The van der Waals surface area contributed by atoms with E-state index in [1.54, 1.807) is 25.1 Å². The number of nitro benzene ring substituents is 1. The third kappa shape index (κ3) is 4.53. The summed E-state index contributed by atoms with van der Waals surface area (Å²) in [4.78, 5) is 24.7. The Kier molecular flexibility index (Phi) is 5.89. The fourth-order valence-corrected chi connectivity index (χ4v) is 2.45. The molecule has 7 heteroatoms. The molecule has 0 fully saturated rings. The largest absolute Gasteiger partial charge is 0.319 e. The van der Waals surface area contributed by atoms with Gasteiger partial charge >= 0.3 is 0 Å². The molecule has 0 unspecified atom stereocenters. The van der Waals surface area contributed by atoms with Crippen LogP contribution < -0.4 is 5.32 Å². The second-order valence-corrected chi connectivity index (χ2v) is 5.92. The summed E-state index contributed by atoms with van der Waals surface area (Å²) in [6.45, 7) is 2.28. The molecule has 0 aliphatic carbocycles. The summed E-state index contributed by atoms with van der Waals surface area (Å²) >= 11 is 5.96. The third-order valence-electron chi connectivity index (χ3n) is 3.72. The Bertz CT molecular complexity index is 751. The van der Waals surface area contributed by atoms with Crippen molar-refractivity contribution in [1.29, 1.82) is 0 Å². The number of hydrogen-bond donors (Lipinski definition) is 1. The van der Waals surface area contributed by atoms with Crippen molar-refractivity contribution in [3.05, 3.63) is 69.2 Å². The maximum atomic E-state index is 12.4. The van der Waals surface area contributed by atoms with Gasteiger partial charge in [-0.15, -0.1) is 0 Å². The number of anilines is 1. The SMILES string of the molecule is C[C@@H](C(=O)Nc1ccccc1[N+](=O)[O-])N(C)Cc1cccc(Cl)c1. The van der Waals surface area contributed by atoms with Gasteiger partial charge in [-0.25, -0.2) is 0 Å². The lowest BCUT2D eigenvalue weighted by Crippen LogP contribution is -2.39. The first-order chi connectivity index (χ1) is 11.4. The number of nitrogens with zero attached hydrogens (tertiary/aromatic N) is 2. The summed E-state index contributed by atoms with van der Waals surface area (Å²) in [7, 11) is 1.81. The van der Waals surface area contributed by atoms with E-state index >= 15 is 0 Å². The number of hydrogen-bond acceptors (Lipinski definition) is 4. The lowest BCUT2D eigenvalue weighted by atomic mass is 10.2. The van der Waals surface area contributed by atoms with Crippen molar-refractivity contribution in [3.8, 4) is 0 Å². The molecule has 0 aliphatic rings. The van der Waals surface area contributed by atoms with Crippen LogP contribution in [0.15, 0.2) is 48.5 Å². The molecule has 0 aromatic heterocycles. The molecule has 1 atom stereocenters. The fourth-order valence-electron chi connectivity index (χ4n) is 2.24. The van der Waals surface area contributed by atoms with Crippen LogP contribution in [0, 0.1) is 10.1 Å². The van der Waals surface area contributed by atoms with Crippen LogP contribution in [-0.2, 0) is 11.3 Å². The van der Waals surface area contributed by atoms with Crippen LogP contribution in [0.25, 0.3) is 0 Å². The number of amides is 1. The van der Waals surface area contributed by atoms with E-state index in [0.29, 0.717) is 11.6 Å². The lowest BCUT2D eigenvalue weighted by molar-refractivity contribution is -0.383. The first-order valence-electron chi connectivity index (χ1n) is 7.37. The van der Waals surface area contributed by atoms with E-state index in [0.717, 1.165) is 5.56 Å². The molecule has 0 saturated carbocycles. The molecule has 1 amide bonds. The third-order valence-corrected chi connectivity index (χ3v) is 3.96. The molecule has 0 radical (unpaired) electrons.